The van der Waals surface area contributed by atoms with Gasteiger partial charge in [-0.05, 0) is 44.5 Å². The van der Waals surface area contributed by atoms with Crippen LogP contribution in [-0.2, 0) is 13.1 Å². The Balaban J connectivity index is 2.12. The van der Waals surface area contributed by atoms with E-state index in [2.05, 4.69) is 10.3 Å². The van der Waals surface area contributed by atoms with Crippen LogP contribution >= 0.6 is 0 Å². The number of amides is 1. The second kappa shape index (κ2) is 5.69. The lowest BCUT2D eigenvalue weighted by Gasteiger charge is -2.10. The van der Waals surface area contributed by atoms with Crippen molar-refractivity contribution < 1.29 is 4.79 Å². The number of nitrogens with zero attached hydrogens (tertiary/aromatic N) is 2. The maximum absolute atomic E-state index is 12.3. The molecule has 0 spiro atoms. The zero-order valence-electron chi connectivity index (χ0n) is 11.6. The van der Waals surface area contributed by atoms with E-state index in [-0.39, 0.29) is 5.91 Å². The molecular weight excluding hydrogens is 238 g/mol. The first-order valence-electron chi connectivity index (χ1n) is 6.48. The zero-order chi connectivity index (χ0) is 13.8. The maximum atomic E-state index is 12.3. The second-order valence-corrected chi connectivity index (χ2v) is 4.57. The fourth-order valence-corrected chi connectivity index (χ4v) is 2.32. The monoisotopic (exact) mass is 257 g/mol. The summed E-state index contributed by atoms with van der Waals surface area (Å²) in [6, 6.07) is 7.72. The highest BCUT2D eigenvalue weighted by Crippen LogP contribution is 2.14. The molecule has 19 heavy (non-hydrogen) atoms. The van der Waals surface area contributed by atoms with Gasteiger partial charge in [0, 0.05) is 18.4 Å². The van der Waals surface area contributed by atoms with Gasteiger partial charge in [-0.25, -0.2) is 0 Å². The van der Waals surface area contributed by atoms with Crippen molar-refractivity contribution in [3.8, 4) is 0 Å². The molecule has 0 saturated carbocycles. The van der Waals surface area contributed by atoms with Crippen molar-refractivity contribution in [2.75, 3.05) is 0 Å². The Hall–Kier alpha value is -2.10. The Kier molecular flexibility index (Phi) is 4.00. The number of pyridine rings is 1. The van der Waals surface area contributed by atoms with Crippen LogP contribution in [0.1, 0.15) is 34.4 Å². The van der Waals surface area contributed by atoms with Gasteiger partial charge in [0.05, 0.1) is 12.2 Å². The summed E-state index contributed by atoms with van der Waals surface area (Å²) in [5, 5.41) is 2.92. The van der Waals surface area contributed by atoms with Gasteiger partial charge < -0.3 is 9.88 Å². The van der Waals surface area contributed by atoms with E-state index in [4.69, 9.17) is 0 Å². The van der Waals surface area contributed by atoms with Gasteiger partial charge in [0.1, 0.15) is 5.69 Å². The first-order valence-corrected chi connectivity index (χ1v) is 6.48. The summed E-state index contributed by atoms with van der Waals surface area (Å²) in [6.45, 7) is 7.28. The fraction of sp³-hybridized carbons (Fsp3) is 0.333. The molecule has 0 unspecified atom stereocenters. The summed E-state index contributed by atoms with van der Waals surface area (Å²) in [4.78, 5) is 16.5. The number of rotatable bonds is 4. The van der Waals surface area contributed by atoms with Gasteiger partial charge in [-0.3, -0.25) is 9.78 Å². The van der Waals surface area contributed by atoms with Crippen LogP contribution in [-0.4, -0.2) is 15.5 Å². The van der Waals surface area contributed by atoms with Crippen molar-refractivity contribution in [3.05, 3.63) is 53.1 Å². The molecule has 0 aliphatic heterocycles. The molecule has 4 nitrogen and oxygen atoms in total. The number of nitrogens with one attached hydrogen (secondary N) is 1. The smallest absolute Gasteiger partial charge is 0.268 e. The molecule has 0 aromatic carbocycles. The molecule has 0 saturated heterocycles. The minimum atomic E-state index is -0.0434. The lowest BCUT2D eigenvalue weighted by Crippen LogP contribution is -2.26. The molecule has 2 rings (SSSR count). The first-order chi connectivity index (χ1) is 9.13. The molecule has 0 aliphatic rings. The van der Waals surface area contributed by atoms with Crippen molar-refractivity contribution in [2.45, 2.75) is 33.9 Å². The summed E-state index contributed by atoms with van der Waals surface area (Å²) in [5.74, 6) is -0.0434. The van der Waals surface area contributed by atoms with Gasteiger partial charge in [0.2, 0.25) is 0 Å². The molecule has 0 radical (unpaired) electrons. The number of aryl methyl sites for hydroxylation is 2. The van der Waals surface area contributed by atoms with Crippen molar-refractivity contribution in [1.29, 1.82) is 0 Å². The highest BCUT2D eigenvalue weighted by molar-refractivity contribution is 5.94. The van der Waals surface area contributed by atoms with Gasteiger partial charge in [0.15, 0.2) is 0 Å². The van der Waals surface area contributed by atoms with Crippen molar-refractivity contribution in [3.63, 3.8) is 0 Å². The second-order valence-electron chi connectivity index (χ2n) is 4.57. The largest absolute Gasteiger partial charge is 0.345 e. The minimum Gasteiger partial charge on any atom is -0.345 e. The van der Waals surface area contributed by atoms with Crippen LogP contribution < -0.4 is 5.32 Å². The van der Waals surface area contributed by atoms with Crippen LogP contribution in [0.15, 0.2) is 30.5 Å². The number of hydrogen-bond donors (Lipinski definition) is 1. The predicted octanol–water partition coefficient (Wildman–Crippen LogP) is 2.45. The van der Waals surface area contributed by atoms with Crippen molar-refractivity contribution in [1.82, 2.24) is 14.9 Å². The molecule has 100 valence electrons. The van der Waals surface area contributed by atoms with Crippen LogP contribution in [0.4, 0.5) is 0 Å². The van der Waals surface area contributed by atoms with Crippen molar-refractivity contribution in [2.24, 2.45) is 0 Å². The van der Waals surface area contributed by atoms with E-state index in [0.717, 1.165) is 29.2 Å². The normalized spacial score (nSPS) is 10.5. The highest BCUT2D eigenvalue weighted by Gasteiger charge is 2.16. The first kappa shape index (κ1) is 13.3. The Bertz CT molecular complexity index is 573. The van der Waals surface area contributed by atoms with Crippen LogP contribution in [0.25, 0.3) is 0 Å². The standard InChI is InChI=1S/C15H19N3O/c1-4-18-12(3)9-11(2)14(18)15(19)17-10-13-7-5-6-8-16-13/h5-9H,4,10H2,1-3H3,(H,17,19). The lowest BCUT2D eigenvalue weighted by molar-refractivity contribution is 0.0940. The number of carbonyl (C=O) groups is 1. The van der Waals surface area contributed by atoms with Crippen LogP contribution in [0.5, 0.6) is 0 Å². The van der Waals surface area contributed by atoms with E-state index in [0.29, 0.717) is 6.54 Å². The summed E-state index contributed by atoms with van der Waals surface area (Å²) in [6.07, 6.45) is 1.73. The molecule has 0 fully saturated rings. The van der Waals surface area contributed by atoms with E-state index >= 15 is 0 Å². The van der Waals surface area contributed by atoms with Gasteiger partial charge in [-0.1, -0.05) is 6.07 Å². The quantitative estimate of drug-likeness (QED) is 0.914. The zero-order valence-corrected chi connectivity index (χ0v) is 11.6. The van der Waals surface area contributed by atoms with E-state index in [9.17, 15) is 4.79 Å². The van der Waals surface area contributed by atoms with E-state index < -0.39 is 0 Å². The van der Waals surface area contributed by atoms with Gasteiger partial charge in [-0.15, -0.1) is 0 Å². The average Bonchev–Trinajstić information content (AvgIpc) is 2.71. The molecule has 0 aliphatic carbocycles. The minimum absolute atomic E-state index is 0.0434. The summed E-state index contributed by atoms with van der Waals surface area (Å²) < 4.78 is 2.03. The third-order valence-electron chi connectivity index (χ3n) is 3.18. The molecule has 4 heteroatoms. The summed E-state index contributed by atoms with van der Waals surface area (Å²) in [7, 11) is 0. The van der Waals surface area contributed by atoms with Gasteiger partial charge in [0.25, 0.3) is 5.91 Å². The molecule has 1 amide bonds. The fourth-order valence-electron chi connectivity index (χ4n) is 2.32. The molecule has 2 heterocycles. The molecule has 2 aromatic heterocycles. The molecule has 2 aromatic rings. The maximum Gasteiger partial charge on any atom is 0.268 e. The van der Waals surface area contributed by atoms with Crippen LogP contribution in [0.3, 0.4) is 0 Å². The van der Waals surface area contributed by atoms with E-state index in [1.165, 1.54) is 0 Å². The topological polar surface area (TPSA) is 46.9 Å². The average molecular weight is 257 g/mol. The molecule has 0 atom stereocenters. The number of aromatic nitrogens is 2. The number of hydrogen-bond acceptors (Lipinski definition) is 2. The van der Waals surface area contributed by atoms with Gasteiger partial charge >= 0.3 is 0 Å². The Morgan fingerprint density at radius 3 is 2.79 bits per heavy atom. The Morgan fingerprint density at radius 2 is 2.16 bits per heavy atom. The SMILES string of the molecule is CCn1c(C)cc(C)c1C(=O)NCc1ccccn1. The van der Waals surface area contributed by atoms with Gasteiger partial charge in [-0.2, -0.15) is 0 Å². The molecular formula is C15H19N3O. The molecule has 1 N–H and O–H groups in total. The van der Waals surface area contributed by atoms with E-state index in [1.54, 1.807) is 6.20 Å². The lowest BCUT2D eigenvalue weighted by atomic mass is 10.2. The summed E-state index contributed by atoms with van der Waals surface area (Å²) in [5.41, 5.74) is 3.73. The summed E-state index contributed by atoms with van der Waals surface area (Å²) >= 11 is 0. The highest BCUT2D eigenvalue weighted by atomic mass is 16.1. The molecule has 0 bridgehead atoms. The predicted molar refractivity (Wildman–Crippen MR) is 75.0 cm³/mol. The Labute approximate surface area is 113 Å². The van der Waals surface area contributed by atoms with E-state index in [1.807, 2.05) is 49.6 Å². The Morgan fingerprint density at radius 1 is 1.37 bits per heavy atom. The van der Waals surface area contributed by atoms with Crippen molar-refractivity contribution >= 4 is 5.91 Å². The number of carbonyl (C=O) groups excluding carboxylic acids is 1. The van der Waals surface area contributed by atoms with Crippen LogP contribution in [0.2, 0.25) is 0 Å². The third-order valence-corrected chi connectivity index (χ3v) is 3.18. The van der Waals surface area contributed by atoms with Crippen LogP contribution in [0, 0.1) is 13.8 Å². The third kappa shape index (κ3) is 2.84.